The highest BCUT2D eigenvalue weighted by Crippen LogP contribution is 2.24. The van der Waals surface area contributed by atoms with Gasteiger partial charge in [-0.2, -0.15) is 0 Å². The Bertz CT molecular complexity index is 655. The monoisotopic (exact) mass is 265 g/mol. The predicted octanol–water partition coefficient (Wildman–Crippen LogP) is 1.34. The van der Waals surface area contributed by atoms with Crippen molar-refractivity contribution in [1.82, 2.24) is 4.57 Å². The molecule has 0 spiro atoms. The quantitative estimate of drug-likeness (QED) is 0.882. The molecule has 1 aromatic carbocycles. The Kier molecular flexibility index (Phi) is 3.71. The van der Waals surface area contributed by atoms with Gasteiger partial charge in [0.1, 0.15) is 0 Å². The van der Waals surface area contributed by atoms with Crippen LogP contribution in [0.3, 0.4) is 0 Å². The highest BCUT2D eigenvalue weighted by molar-refractivity contribution is 5.80. The number of aromatic nitrogens is 1. The topological polar surface area (TPSA) is 81.7 Å². The third kappa shape index (κ3) is 2.53. The van der Waals surface area contributed by atoms with Gasteiger partial charge in [0.25, 0.3) is 0 Å². The first kappa shape index (κ1) is 13.4. The van der Waals surface area contributed by atoms with Crippen molar-refractivity contribution in [3.8, 4) is 0 Å². The van der Waals surface area contributed by atoms with Crippen LogP contribution in [0.1, 0.15) is 17.9 Å². The number of nitrogens with zero attached hydrogens (tertiary/aromatic N) is 1. The van der Waals surface area contributed by atoms with E-state index in [0.717, 1.165) is 0 Å². The normalized spacial score (nSPS) is 12.7. The zero-order valence-electron chi connectivity index (χ0n) is 10.8. The number of aliphatic carboxylic acids is 1. The summed E-state index contributed by atoms with van der Waals surface area (Å²) in [4.78, 5) is 22.6. The maximum Gasteiger partial charge on any atom is 0.419 e. The highest BCUT2D eigenvalue weighted by atomic mass is 16.5. The molecule has 102 valence electrons. The van der Waals surface area contributed by atoms with Crippen LogP contribution in [0.5, 0.6) is 0 Å². The van der Waals surface area contributed by atoms with Gasteiger partial charge in [0.05, 0.1) is 11.4 Å². The second kappa shape index (κ2) is 5.27. The van der Waals surface area contributed by atoms with E-state index in [-0.39, 0.29) is 0 Å². The van der Waals surface area contributed by atoms with Crippen LogP contribution in [0, 0.1) is 0 Å². The summed E-state index contributed by atoms with van der Waals surface area (Å²) < 4.78 is 11.3. The molecule has 1 aromatic heterocycles. The number of methoxy groups -OCH3 is 1. The molecule has 0 saturated heterocycles. The molecule has 0 aliphatic rings. The number of fused-ring (bicyclic) bond motifs is 1. The van der Waals surface area contributed by atoms with E-state index < -0.39 is 17.6 Å². The minimum atomic E-state index is -0.922. The summed E-state index contributed by atoms with van der Waals surface area (Å²) in [5.74, 6) is -2.06. The minimum absolute atomic E-state index is 0.355. The van der Waals surface area contributed by atoms with E-state index >= 15 is 0 Å². The molecule has 2 rings (SSSR count). The Morgan fingerprint density at radius 3 is 2.89 bits per heavy atom. The first-order valence-electron chi connectivity index (χ1n) is 5.86. The molecule has 1 unspecified atom stereocenters. The number of oxazole rings is 1. The second-order valence-corrected chi connectivity index (χ2v) is 4.33. The first-order valence-corrected chi connectivity index (χ1v) is 5.86. The van der Waals surface area contributed by atoms with Crippen LogP contribution in [0.4, 0.5) is 0 Å². The summed E-state index contributed by atoms with van der Waals surface area (Å²) in [5, 5.41) is 9.23. The van der Waals surface area contributed by atoms with E-state index in [0.29, 0.717) is 29.7 Å². The third-order valence-corrected chi connectivity index (χ3v) is 3.13. The van der Waals surface area contributed by atoms with Crippen LogP contribution in [-0.4, -0.2) is 29.4 Å². The van der Waals surface area contributed by atoms with Crippen molar-refractivity contribution in [3.63, 3.8) is 0 Å². The molecule has 6 nitrogen and oxygen atoms in total. The van der Waals surface area contributed by atoms with Crippen molar-refractivity contribution < 1.29 is 19.1 Å². The molecule has 0 aliphatic heterocycles. The van der Waals surface area contributed by atoms with Crippen LogP contribution in [-0.2, 0) is 16.6 Å². The summed E-state index contributed by atoms with van der Waals surface area (Å²) in [7, 11) is 3.13. The van der Waals surface area contributed by atoms with Crippen LogP contribution < -0.4 is 5.76 Å². The van der Waals surface area contributed by atoms with Gasteiger partial charge in [-0.15, -0.1) is 0 Å². The van der Waals surface area contributed by atoms with Gasteiger partial charge in [-0.3, -0.25) is 9.36 Å². The van der Waals surface area contributed by atoms with Gasteiger partial charge in [-0.25, -0.2) is 4.79 Å². The molecule has 1 heterocycles. The van der Waals surface area contributed by atoms with Crippen molar-refractivity contribution in [3.05, 3.63) is 34.3 Å². The molecule has 0 fully saturated rings. The zero-order chi connectivity index (χ0) is 14.0. The summed E-state index contributed by atoms with van der Waals surface area (Å²) in [6.07, 6.45) is 0.369. The second-order valence-electron chi connectivity index (χ2n) is 4.33. The fraction of sp³-hybridized carbons (Fsp3) is 0.385. The van der Waals surface area contributed by atoms with Crippen LogP contribution in [0.15, 0.2) is 27.4 Å². The molecule has 1 N–H and O–H groups in total. The van der Waals surface area contributed by atoms with Crippen LogP contribution in [0.25, 0.3) is 11.1 Å². The van der Waals surface area contributed by atoms with Crippen molar-refractivity contribution in [2.24, 2.45) is 7.05 Å². The minimum Gasteiger partial charge on any atom is -0.481 e. The average molecular weight is 265 g/mol. The fourth-order valence-electron chi connectivity index (χ4n) is 2.04. The van der Waals surface area contributed by atoms with Crippen LogP contribution in [0.2, 0.25) is 0 Å². The molecular weight excluding hydrogens is 250 g/mol. The summed E-state index contributed by atoms with van der Waals surface area (Å²) in [6.45, 7) is 0.355. The molecule has 6 heteroatoms. The molecule has 0 saturated carbocycles. The summed E-state index contributed by atoms with van der Waals surface area (Å²) in [5.41, 5.74) is 1.64. The molecule has 0 amide bonds. The Morgan fingerprint density at radius 2 is 2.26 bits per heavy atom. The number of carboxylic acids is 1. The number of hydrogen-bond acceptors (Lipinski definition) is 4. The Labute approximate surface area is 109 Å². The van der Waals surface area contributed by atoms with E-state index in [4.69, 9.17) is 9.15 Å². The van der Waals surface area contributed by atoms with Crippen molar-refractivity contribution in [2.45, 2.75) is 12.3 Å². The van der Waals surface area contributed by atoms with E-state index in [2.05, 4.69) is 0 Å². The van der Waals surface area contributed by atoms with Gasteiger partial charge in [0, 0.05) is 20.8 Å². The third-order valence-electron chi connectivity index (χ3n) is 3.13. The molecule has 1 atom stereocenters. The van der Waals surface area contributed by atoms with Gasteiger partial charge < -0.3 is 14.3 Å². The Morgan fingerprint density at radius 1 is 1.53 bits per heavy atom. The van der Waals surface area contributed by atoms with E-state index in [9.17, 15) is 14.7 Å². The number of benzene rings is 1. The lowest BCUT2D eigenvalue weighted by molar-refractivity contribution is -0.139. The van der Waals surface area contributed by atoms with Gasteiger partial charge in [0.15, 0.2) is 5.58 Å². The SMILES string of the molecule is COCCC(C(=O)O)c1ccc2c(c1)oc(=O)n2C. The maximum atomic E-state index is 11.4. The molecule has 19 heavy (non-hydrogen) atoms. The predicted molar refractivity (Wildman–Crippen MR) is 68.3 cm³/mol. The van der Waals surface area contributed by atoms with E-state index in [1.54, 1.807) is 25.2 Å². The average Bonchev–Trinajstić information content (AvgIpc) is 2.65. The summed E-state index contributed by atoms with van der Waals surface area (Å²) in [6, 6.07) is 5.00. The Hall–Kier alpha value is -2.08. The fourth-order valence-corrected chi connectivity index (χ4v) is 2.04. The zero-order valence-corrected chi connectivity index (χ0v) is 10.8. The number of carbonyl (C=O) groups is 1. The first-order chi connectivity index (χ1) is 9.04. The van der Waals surface area contributed by atoms with E-state index in [1.165, 1.54) is 11.7 Å². The molecular formula is C13H15NO5. The van der Waals surface area contributed by atoms with Crippen molar-refractivity contribution in [1.29, 1.82) is 0 Å². The van der Waals surface area contributed by atoms with Gasteiger partial charge in [-0.05, 0) is 24.1 Å². The van der Waals surface area contributed by atoms with Crippen LogP contribution >= 0.6 is 0 Å². The lowest BCUT2D eigenvalue weighted by Gasteiger charge is -2.11. The molecule has 0 radical (unpaired) electrons. The molecule has 0 aliphatic carbocycles. The smallest absolute Gasteiger partial charge is 0.419 e. The van der Waals surface area contributed by atoms with Gasteiger partial charge in [0.2, 0.25) is 0 Å². The number of carboxylic acid groups (broad SMARTS) is 1. The largest absolute Gasteiger partial charge is 0.481 e. The van der Waals surface area contributed by atoms with Gasteiger partial charge >= 0.3 is 11.7 Å². The van der Waals surface area contributed by atoms with Crippen molar-refractivity contribution in [2.75, 3.05) is 13.7 Å². The van der Waals surface area contributed by atoms with Gasteiger partial charge in [-0.1, -0.05) is 6.07 Å². The number of rotatable bonds is 5. The number of aryl methyl sites for hydroxylation is 1. The number of hydrogen-bond donors (Lipinski definition) is 1. The lowest BCUT2D eigenvalue weighted by Crippen LogP contribution is -2.13. The highest BCUT2D eigenvalue weighted by Gasteiger charge is 2.20. The number of ether oxygens (including phenoxy) is 1. The van der Waals surface area contributed by atoms with Crippen molar-refractivity contribution >= 4 is 17.1 Å². The molecule has 0 bridgehead atoms. The molecule has 2 aromatic rings. The lowest BCUT2D eigenvalue weighted by atomic mass is 9.96. The summed E-state index contributed by atoms with van der Waals surface area (Å²) >= 11 is 0. The maximum absolute atomic E-state index is 11.4. The standard InChI is InChI=1S/C13H15NO5/c1-14-10-4-3-8(7-11(10)19-13(14)17)9(12(15)16)5-6-18-2/h3-4,7,9H,5-6H2,1-2H3,(H,15,16). The van der Waals surface area contributed by atoms with E-state index in [1.807, 2.05) is 0 Å². The Balaban J connectivity index is 2.43.